The molecule has 124 valence electrons. The Morgan fingerprint density at radius 3 is 2.87 bits per heavy atom. The first kappa shape index (κ1) is 16.1. The number of hydrogen-bond acceptors (Lipinski definition) is 3. The van der Waals surface area contributed by atoms with E-state index >= 15 is 0 Å². The molecule has 2 heterocycles. The summed E-state index contributed by atoms with van der Waals surface area (Å²) in [5.41, 5.74) is 2.12. The van der Waals surface area contributed by atoms with Crippen LogP contribution in [0.5, 0.6) is 0 Å². The fraction of sp³-hybridized carbons (Fsp3) is 0.438. The lowest BCUT2D eigenvalue weighted by Crippen LogP contribution is -2.40. The third-order valence-corrected chi connectivity index (χ3v) is 6.26. The standard InChI is InChI=1S/C16H20FN3O2S/c1-12-10-18-19-15(12)9-13-5-4-8-20(11-13)23(21,22)16-7-3-2-6-14(16)17/h2-3,6-7,10,13H,4-5,8-9,11H2,1H3,(H,18,19)/t13-/m0/s1. The normalized spacial score (nSPS) is 19.8. The first-order valence-corrected chi connectivity index (χ1v) is 9.16. The van der Waals surface area contributed by atoms with Crippen LogP contribution in [0, 0.1) is 18.7 Å². The fourth-order valence-corrected chi connectivity index (χ4v) is 4.69. The number of aromatic amines is 1. The van der Waals surface area contributed by atoms with Gasteiger partial charge in [0.25, 0.3) is 0 Å². The number of sulfonamides is 1. The Morgan fingerprint density at radius 2 is 2.17 bits per heavy atom. The lowest BCUT2D eigenvalue weighted by Gasteiger charge is -2.32. The first-order chi connectivity index (χ1) is 11.0. The van der Waals surface area contributed by atoms with Gasteiger partial charge < -0.3 is 0 Å². The summed E-state index contributed by atoms with van der Waals surface area (Å²) >= 11 is 0. The zero-order chi connectivity index (χ0) is 16.4. The van der Waals surface area contributed by atoms with Gasteiger partial charge in [-0.05, 0) is 49.8 Å². The minimum Gasteiger partial charge on any atom is -0.282 e. The summed E-state index contributed by atoms with van der Waals surface area (Å²) in [6, 6.07) is 5.55. The summed E-state index contributed by atoms with van der Waals surface area (Å²) in [7, 11) is -3.78. The third-order valence-electron chi connectivity index (χ3n) is 4.36. The smallest absolute Gasteiger partial charge is 0.245 e. The number of nitrogens with one attached hydrogen (secondary N) is 1. The molecule has 0 unspecified atom stereocenters. The summed E-state index contributed by atoms with van der Waals surface area (Å²) in [5.74, 6) is -0.483. The Kier molecular flexibility index (Phi) is 4.50. The van der Waals surface area contributed by atoms with Crippen molar-refractivity contribution in [3.05, 3.63) is 47.5 Å². The van der Waals surface area contributed by atoms with Gasteiger partial charge in [-0.25, -0.2) is 12.8 Å². The summed E-state index contributed by atoms with van der Waals surface area (Å²) in [5, 5.41) is 6.98. The predicted molar refractivity (Wildman–Crippen MR) is 84.9 cm³/mol. The monoisotopic (exact) mass is 337 g/mol. The molecule has 0 amide bonds. The van der Waals surface area contributed by atoms with Gasteiger partial charge in [0.15, 0.2) is 0 Å². The van der Waals surface area contributed by atoms with Crippen molar-refractivity contribution < 1.29 is 12.8 Å². The molecular weight excluding hydrogens is 317 g/mol. The van der Waals surface area contributed by atoms with Crippen LogP contribution in [0.4, 0.5) is 4.39 Å². The maximum Gasteiger partial charge on any atom is 0.245 e. The van der Waals surface area contributed by atoms with E-state index in [1.807, 2.05) is 6.92 Å². The Hall–Kier alpha value is -1.73. The Labute approximate surface area is 135 Å². The molecule has 23 heavy (non-hydrogen) atoms. The number of aryl methyl sites for hydroxylation is 1. The number of nitrogens with zero attached hydrogens (tertiary/aromatic N) is 2. The molecule has 1 aliphatic rings. The molecule has 1 N–H and O–H groups in total. The van der Waals surface area contributed by atoms with Crippen molar-refractivity contribution in [2.24, 2.45) is 5.92 Å². The van der Waals surface area contributed by atoms with Gasteiger partial charge in [0, 0.05) is 18.8 Å². The summed E-state index contributed by atoms with van der Waals surface area (Å²) < 4.78 is 40.7. The van der Waals surface area contributed by atoms with Gasteiger partial charge in [-0.2, -0.15) is 9.40 Å². The maximum absolute atomic E-state index is 13.9. The zero-order valence-corrected chi connectivity index (χ0v) is 13.8. The third kappa shape index (κ3) is 3.30. The second-order valence-corrected chi connectivity index (χ2v) is 7.94. The molecular formula is C16H20FN3O2S. The van der Waals surface area contributed by atoms with Crippen LogP contribution in [0.25, 0.3) is 0 Å². The second kappa shape index (κ2) is 6.41. The highest BCUT2D eigenvalue weighted by atomic mass is 32.2. The molecule has 1 aromatic carbocycles. The van der Waals surface area contributed by atoms with Crippen molar-refractivity contribution in [1.29, 1.82) is 0 Å². The molecule has 3 rings (SSSR count). The van der Waals surface area contributed by atoms with Gasteiger partial charge in [-0.1, -0.05) is 12.1 Å². The van der Waals surface area contributed by atoms with Crippen LogP contribution in [-0.4, -0.2) is 36.0 Å². The molecule has 0 saturated carbocycles. The number of H-pyrrole nitrogens is 1. The van der Waals surface area contributed by atoms with Gasteiger partial charge in [0.2, 0.25) is 10.0 Å². The molecule has 0 spiro atoms. The molecule has 5 nitrogen and oxygen atoms in total. The average Bonchev–Trinajstić information content (AvgIpc) is 2.93. The number of benzene rings is 1. The van der Waals surface area contributed by atoms with Crippen LogP contribution in [0.2, 0.25) is 0 Å². The van der Waals surface area contributed by atoms with E-state index < -0.39 is 15.8 Å². The van der Waals surface area contributed by atoms with Gasteiger partial charge in [0.1, 0.15) is 10.7 Å². The number of hydrogen-bond donors (Lipinski definition) is 1. The molecule has 0 radical (unpaired) electrons. The van der Waals surface area contributed by atoms with E-state index in [4.69, 9.17) is 0 Å². The largest absolute Gasteiger partial charge is 0.282 e. The molecule has 7 heteroatoms. The van der Waals surface area contributed by atoms with Crippen molar-refractivity contribution >= 4 is 10.0 Å². The lowest BCUT2D eigenvalue weighted by atomic mass is 9.94. The number of aromatic nitrogens is 2. The van der Waals surface area contributed by atoms with Crippen molar-refractivity contribution in [3.63, 3.8) is 0 Å². The molecule has 0 aliphatic carbocycles. The Morgan fingerprint density at radius 1 is 1.39 bits per heavy atom. The van der Waals surface area contributed by atoms with E-state index in [0.717, 1.165) is 30.5 Å². The highest BCUT2D eigenvalue weighted by Gasteiger charge is 2.32. The average molecular weight is 337 g/mol. The van der Waals surface area contributed by atoms with Crippen molar-refractivity contribution in [2.75, 3.05) is 13.1 Å². The van der Waals surface area contributed by atoms with Crippen LogP contribution in [0.1, 0.15) is 24.1 Å². The van der Waals surface area contributed by atoms with Crippen molar-refractivity contribution in [1.82, 2.24) is 14.5 Å². The Balaban J connectivity index is 1.78. The van der Waals surface area contributed by atoms with E-state index in [-0.39, 0.29) is 10.8 Å². The molecule has 2 aromatic rings. The molecule has 1 fully saturated rings. The summed E-state index contributed by atoms with van der Waals surface area (Å²) in [6.07, 6.45) is 4.27. The quantitative estimate of drug-likeness (QED) is 0.932. The topological polar surface area (TPSA) is 66.1 Å². The molecule has 0 bridgehead atoms. The number of halogens is 1. The van der Waals surface area contributed by atoms with Gasteiger partial charge in [0.05, 0.1) is 6.20 Å². The summed E-state index contributed by atoms with van der Waals surface area (Å²) in [4.78, 5) is -0.238. The van der Waals surface area contributed by atoms with E-state index in [0.29, 0.717) is 13.1 Å². The Bertz CT molecular complexity index is 788. The van der Waals surface area contributed by atoms with Crippen molar-refractivity contribution in [3.8, 4) is 0 Å². The van der Waals surface area contributed by atoms with E-state index in [9.17, 15) is 12.8 Å². The minimum absolute atomic E-state index is 0.212. The van der Waals surface area contributed by atoms with Crippen LogP contribution in [0.3, 0.4) is 0 Å². The molecule has 1 atom stereocenters. The predicted octanol–water partition coefficient (Wildman–Crippen LogP) is 2.50. The van der Waals surface area contributed by atoms with E-state index in [1.54, 1.807) is 12.3 Å². The molecule has 1 aliphatic heterocycles. The van der Waals surface area contributed by atoms with Crippen molar-refractivity contribution in [2.45, 2.75) is 31.1 Å². The minimum atomic E-state index is -3.78. The van der Waals surface area contributed by atoms with Gasteiger partial charge >= 0.3 is 0 Å². The SMILES string of the molecule is Cc1cn[nH]c1C[C@@H]1CCCN(S(=O)(=O)c2ccccc2F)C1. The summed E-state index contributed by atoms with van der Waals surface area (Å²) in [6.45, 7) is 2.83. The molecule has 1 saturated heterocycles. The second-order valence-electron chi connectivity index (χ2n) is 6.04. The van der Waals surface area contributed by atoms with Gasteiger partial charge in [-0.3, -0.25) is 5.10 Å². The maximum atomic E-state index is 13.9. The number of piperidine rings is 1. The first-order valence-electron chi connectivity index (χ1n) is 7.72. The fourth-order valence-electron chi connectivity index (χ4n) is 3.07. The zero-order valence-electron chi connectivity index (χ0n) is 13.0. The van der Waals surface area contributed by atoms with E-state index in [1.165, 1.54) is 22.5 Å². The number of rotatable bonds is 4. The highest BCUT2D eigenvalue weighted by Crippen LogP contribution is 2.27. The van der Waals surface area contributed by atoms with Crippen LogP contribution in [-0.2, 0) is 16.4 Å². The van der Waals surface area contributed by atoms with E-state index in [2.05, 4.69) is 10.2 Å². The highest BCUT2D eigenvalue weighted by molar-refractivity contribution is 7.89. The lowest BCUT2D eigenvalue weighted by molar-refractivity contribution is 0.263. The van der Waals surface area contributed by atoms with Crippen LogP contribution < -0.4 is 0 Å². The van der Waals surface area contributed by atoms with Crippen LogP contribution >= 0.6 is 0 Å². The molecule has 1 aromatic heterocycles. The van der Waals surface area contributed by atoms with Crippen LogP contribution in [0.15, 0.2) is 35.4 Å². The van der Waals surface area contributed by atoms with Gasteiger partial charge in [-0.15, -0.1) is 0 Å².